The van der Waals surface area contributed by atoms with Gasteiger partial charge in [-0.25, -0.2) is 4.79 Å². The van der Waals surface area contributed by atoms with Crippen LogP contribution in [0, 0.1) is 12.8 Å². The minimum Gasteiger partial charge on any atom is -0.490 e. The van der Waals surface area contributed by atoms with Crippen molar-refractivity contribution in [1.82, 2.24) is 9.80 Å². The van der Waals surface area contributed by atoms with Gasteiger partial charge in [0.1, 0.15) is 11.5 Å². The van der Waals surface area contributed by atoms with Crippen LogP contribution in [0.1, 0.15) is 56.2 Å². The lowest BCUT2D eigenvalue weighted by atomic mass is 9.86. The van der Waals surface area contributed by atoms with Gasteiger partial charge in [-0.2, -0.15) is 0 Å². The molecular weight excluding hydrogens is 494 g/mol. The molecule has 1 heterocycles. The summed E-state index contributed by atoms with van der Waals surface area (Å²) in [7, 11) is 1.85. The monoisotopic (exact) mass is 535 g/mol. The highest BCUT2D eigenvalue weighted by molar-refractivity contribution is 5.94. The van der Waals surface area contributed by atoms with Gasteiger partial charge in [0.2, 0.25) is 5.91 Å². The van der Waals surface area contributed by atoms with E-state index in [1.165, 1.54) is 10.5 Å². The zero-order chi connectivity index (χ0) is 28.1. The van der Waals surface area contributed by atoms with Crippen LogP contribution >= 0.6 is 0 Å². The number of amides is 2. The molecule has 0 unspecified atom stereocenters. The number of aryl methyl sites for hydroxylation is 1. The van der Waals surface area contributed by atoms with E-state index in [2.05, 4.69) is 24.0 Å². The minimum absolute atomic E-state index is 0.0223. The van der Waals surface area contributed by atoms with Gasteiger partial charge >= 0.3 is 6.09 Å². The first-order valence-electron chi connectivity index (χ1n) is 13.9. The highest BCUT2D eigenvalue weighted by Crippen LogP contribution is 2.31. The summed E-state index contributed by atoms with van der Waals surface area (Å²) in [4.78, 5) is 41.7. The van der Waals surface area contributed by atoms with Crippen molar-refractivity contribution in [3.63, 3.8) is 0 Å². The standard InChI is InChI=1S/C31H41N3O5/c1-21-16-27(11-8-26(21)20-33-14-15-34(31(37)38)22(2)19-33)32(4)30(36)25-9-12-28(13-10-25)39-29-7-5-6-24(18-29)17-23(3)35/h5-8,11,16,18,22,25,28H,9-10,12-15,17,19-20H2,1-4H3,(H,37,38)/t22-,25?,28?/m0/s1. The van der Waals surface area contributed by atoms with Crippen molar-refractivity contribution in [2.75, 3.05) is 31.6 Å². The smallest absolute Gasteiger partial charge is 0.407 e. The first kappa shape index (κ1) is 28.6. The Labute approximate surface area is 231 Å². The van der Waals surface area contributed by atoms with Crippen molar-refractivity contribution in [1.29, 1.82) is 0 Å². The van der Waals surface area contributed by atoms with E-state index >= 15 is 0 Å². The molecule has 8 heteroatoms. The highest BCUT2D eigenvalue weighted by Gasteiger charge is 2.30. The topological polar surface area (TPSA) is 90.4 Å². The summed E-state index contributed by atoms with van der Waals surface area (Å²) in [6, 6.07) is 13.9. The molecule has 2 aliphatic rings. The highest BCUT2D eigenvalue weighted by atomic mass is 16.5. The number of hydrogen-bond donors (Lipinski definition) is 1. The second-order valence-electron chi connectivity index (χ2n) is 11.2. The predicted octanol–water partition coefficient (Wildman–Crippen LogP) is 4.91. The molecule has 2 amide bonds. The fourth-order valence-corrected chi connectivity index (χ4v) is 5.81. The molecule has 0 radical (unpaired) electrons. The molecule has 0 spiro atoms. The molecule has 1 aliphatic heterocycles. The second kappa shape index (κ2) is 12.6. The van der Waals surface area contributed by atoms with Crippen LogP contribution in [0.25, 0.3) is 0 Å². The molecule has 1 aliphatic carbocycles. The molecule has 2 aromatic rings. The third kappa shape index (κ3) is 7.38. The number of Topliss-reactive ketones (excluding diaryl/α,β-unsaturated/α-hetero) is 1. The lowest BCUT2D eigenvalue weighted by molar-refractivity contribution is -0.123. The zero-order valence-corrected chi connectivity index (χ0v) is 23.6. The van der Waals surface area contributed by atoms with Crippen molar-refractivity contribution in [3.05, 3.63) is 59.2 Å². The summed E-state index contributed by atoms with van der Waals surface area (Å²) in [5, 5.41) is 9.32. The van der Waals surface area contributed by atoms with E-state index in [1.807, 2.05) is 44.3 Å². The van der Waals surface area contributed by atoms with Crippen LogP contribution in [0.15, 0.2) is 42.5 Å². The van der Waals surface area contributed by atoms with Gasteiger partial charge in [0.15, 0.2) is 0 Å². The van der Waals surface area contributed by atoms with E-state index in [1.54, 1.807) is 11.8 Å². The van der Waals surface area contributed by atoms with Crippen LogP contribution in [0.2, 0.25) is 0 Å². The van der Waals surface area contributed by atoms with Gasteiger partial charge in [0.05, 0.1) is 6.10 Å². The fourth-order valence-electron chi connectivity index (χ4n) is 5.81. The molecule has 39 heavy (non-hydrogen) atoms. The summed E-state index contributed by atoms with van der Waals surface area (Å²) >= 11 is 0. The lowest BCUT2D eigenvalue weighted by Crippen LogP contribution is -2.53. The van der Waals surface area contributed by atoms with Crippen LogP contribution < -0.4 is 9.64 Å². The minimum atomic E-state index is -0.854. The maximum Gasteiger partial charge on any atom is 0.407 e. The second-order valence-corrected chi connectivity index (χ2v) is 11.2. The van der Waals surface area contributed by atoms with Crippen LogP contribution in [0.5, 0.6) is 5.75 Å². The molecule has 1 N–H and O–H groups in total. The largest absolute Gasteiger partial charge is 0.490 e. The number of piperazine rings is 1. The predicted molar refractivity (Wildman–Crippen MR) is 151 cm³/mol. The number of ketones is 1. The summed E-state index contributed by atoms with van der Waals surface area (Å²) < 4.78 is 6.19. The number of nitrogens with zero attached hydrogens (tertiary/aromatic N) is 3. The van der Waals surface area contributed by atoms with Crippen molar-refractivity contribution in [2.45, 2.75) is 71.6 Å². The summed E-state index contributed by atoms with van der Waals surface area (Å²) in [5.41, 5.74) is 4.18. The molecule has 1 saturated carbocycles. The molecule has 1 saturated heterocycles. The molecule has 2 fully saturated rings. The maximum atomic E-state index is 13.3. The van der Waals surface area contributed by atoms with E-state index in [-0.39, 0.29) is 29.8 Å². The average molecular weight is 536 g/mol. The van der Waals surface area contributed by atoms with Gasteiger partial charge in [-0.1, -0.05) is 18.2 Å². The number of anilines is 1. The van der Waals surface area contributed by atoms with E-state index < -0.39 is 6.09 Å². The van der Waals surface area contributed by atoms with Crippen molar-refractivity contribution >= 4 is 23.5 Å². The van der Waals surface area contributed by atoms with E-state index in [0.29, 0.717) is 26.1 Å². The SMILES string of the molecule is CC(=O)Cc1cccc(OC2CCC(C(=O)N(C)c3ccc(CN4CCN(C(=O)O)[C@@H](C)C4)c(C)c3)CC2)c1. The number of rotatable bonds is 8. The Bertz CT molecular complexity index is 1190. The maximum absolute atomic E-state index is 13.3. The molecule has 8 nitrogen and oxygen atoms in total. The Morgan fingerprint density at radius 1 is 1.05 bits per heavy atom. The number of carbonyl (C=O) groups excluding carboxylic acids is 2. The molecule has 2 aromatic carbocycles. The quantitative estimate of drug-likeness (QED) is 0.517. The van der Waals surface area contributed by atoms with Crippen molar-refractivity contribution in [2.24, 2.45) is 5.92 Å². The van der Waals surface area contributed by atoms with Crippen LogP contribution in [-0.4, -0.2) is 71.5 Å². The lowest BCUT2D eigenvalue weighted by Gasteiger charge is -2.38. The molecule has 210 valence electrons. The Morgan fingerprint density at radius 2 is 1.79 bits per heavy atom. The van der Waals surface area contributed by atoms with Gasteiger partial charge in [-0.05, 0) is 87.4 Å². The summed E-state index contributed by atoms with van der Waals surface area (Å²) in [6.07, 6.45) is 2.87. The number of ether oxygens (including phenoxy) is 1. The zero-order valence-electron chi connectivity index (χ0n) is 23.6. The fraction of sp³-hybridized carbons (Fsp3) is 0.516. The first-order valence-corrected chi connectivity index (χ1v) is 13.9. The molecule has 0 aromatic heterocycles. The molecule has 0 bridgehead atoms. The number of carbonyl (C=O) groups is 3. The Balaban J connectivity index is 1.29. The van der Waals surface area contributed by atoms with Gasteiger partial charge in [0, 0.05) is 57.3 Å². The third-order valence-corrected chi connectivity index (χ3v) is 8.07. The van der Waals surface area contributed by atoms with Crippen LogP contribution in [-0.2, 0) is 22.6 Å². The summed E-state index contributed by atoms with van der Waals surface area (Å²) in [6.45, 7) is 8.32. The number of benzene rings is 2. The summed E-state index contributed by atoms with van der Waals surface area (Å²) in [5.74, 6) is 1.04. The Kier molecular flexibility index (Phi) is 9.28. The van der Waals surface area contributed by atoms with Gasteiger partial charge < -0.3 is 19.6 Å². The molecule has 1 atom stereocenters. The number of hydrogen-bond acceptors (Lipinski definition) is 5. The van der Waals surface area contributed by atoms with E-state index in [4.69, 9.17) is 4.74 Å². The Morgan fingerprint density at radius 3 is 2.44 bits per heavy atom. The molecule has 4 rings (SSSR count). The third-order valence-electron chi connectivity index (χ3n) is 8.07. The van der Waals surface area contributed by atoms with Gasteiger partial charge in [-0.15, -0.1) is 0 Å². The van der Waals surface area contributed by atoms with E-state index in [9.17, 15) is 19.5 Å². The average Bonchev–Trinajstić information content (AvgIpc) is 2.89. The number of carboxylic acid groups (broad SMARTS) is 1. The van der Waals surface area contributed by atoms with E-state index in [0.717, 1.165) is 54.8 Å². The molecular formula is C31H41N3O5. The van der Waals surface area contributed by atoms with Crippen molar-refractivity contribution in [3.8, 4) is 5.75 Å². The van der Waals surface area contributed by atoms with Crippen LogP contribution in [0.3, 0.4) is 0 Å². The van der Waals surface area contributed by atoms with Gasteiger partial charge in [0.25, 0.3) is 0 Å². The van der Waals surface area contributed by atoms with Crippen molar-refractivity contribution < 1.29 is 24.2 Å². The van der Waals surface area contributed by atoms with Crippen LogP contribution in [0.4, 0.5) is 10.5 Å². The first-order chi connectivity index (χ1) is 18.6. The normalized spacial score (nSPS) is 21.8. The van der Waals surface area contributed by atoms with Gasteiger partial charge in [-0.3, -0.25) is 14.5 Å². The Hall–Kier alpha value is -3.39.